The highest BCUT2D eigenvalue weighted by molar-refractivity contribution is 6.21. The third-order valence-corrected chi connectivity index (χ3v) is 6.13. The van der Waals surface area contributed by atoms with Gasteiger partial charge in [-0.05, 0) is 36.2 Å². The second-order valence-corrected chi connectivity index (χ2v) is 8.20. The van der Waals surface area contributed by atoms with E-state index in [-0.39, 0.29) is 36.6 Å². The minimum atomic E-state index is -0.300. The summed E-state index contributed by atoms with van der Waals surface area (Å²) in [7, 11) is 1.59. The van der Waals surface area contributed by atoms with E-state index in [1.807, 2.05) is 24.3 Å². The molecule has 33 heavy (non-hydrogen) atoms. The maximum Gasteiger partial charge on any atom is 0.261 e. The van der Waals surface area contributed by atoms with Crippen molar-refractivity contribution in [2.24, 2.45) is 0 Å². The van der Waals surface area contributed by atoms with Crippen LogP contribution in [-0.2, 0) is 16.0 Å². The summed E-state index contributed by atoms with van der Waals surface area (Å²) in [6.07, 6.45) is 0.968. The first kappa shape index (κ1) is 22.5. The van der Waals surface area contributed by atoms with E-state index in [1.54, 1.807) is 41.2 Å². The SMILES string of the molecule is COc1cccc(CC(=O)N2CCN(C(=O)CCCN3C(=O)c4ccccc4C3=O)CC2)c1. The Hall–Kier alpha value is -3.68. The zero-order valence-corrected chi connectivity index (χ0v) is 18.7. The molecule has 172 valence electrons. The van der Waals surface area contributed by atoms with Gasteiger partial charge < -0.3 is 14.5 Å². The van der Waals surface area contributed by atoms with Crippen LogP contribution in [0.4, 0.5) is 0 Å². The van der Waals surface area contributed by atoms with E-state index in [4.69, 9.17) is 4.74 Å². The van der Waals surface area contributed by atoms with Crippen molar-refractivity contribution in [2.45, 2.75) is 19.3 Å². The highest BCUT2D eigenvalue weighted by Gasteiger charge is 2.34. The van der Waals surface area contributed by atoms with Gasteiger partial charge in [0.25, 0.3) is 11.8 Å². The van der Waals surface area contributed by atoms with Crippen LogP contribution >= 0.6 is 0 Å². The lowest BCUT2D eigenvalue weighted by Crippen LogP contribution is -2.51. The molecule has 8 nitrogen and oxygen atoms in total. The van der Waals surface area contributed by atoms with Crippen LogP contribution in [0.2, 0.25) is 0 Å². The Morgan fingerprint density at radius 2 is 1.45 bits per heavy atom. The Morgan fingerprint density at radius 3 is 2.06 bits per heavy atom. The minimum Gasteiger partial charge on any atom is -0.497 e. The van der Waals surface area contributed by atoms with Crippen LogP contribution in [0, 0.1) is 0 Å². The summed E-state index contributed by atoms with van der Waals surface area (Å²) in [6.45, 7) is 2.17. The molecule has 4 amide bonds. The molecule has 2 aliphatic rings. The van der Waals surface area contributed by atoms with E-state index in [1.165, 1.54) is 4.90 Å². The molecule has 2 aromatic rings. The van der Waals surface area contributed by atoms with E-state index in [9.17, 15) is 19.2 Å². The molecule has 1 saturated heterocycles. The molecule has 0 unspecified atom stereocenters. The molecule has 0 N–H and O–H groups in total. The summed E-state index contributed by atoms with van der Waals surface area (Å²) in [5.41, 5.74) is 1.73. The number of rotatable bonds is 7. The van der Waals surface area contributed by atoms with Crippen LogP contribution in [0.1, 0.15) is 39.1 Å². The average molecular weight is 450 g/mol. The van der Waals surface area contributed by atoms with Gasteiger partial charge in [-0.3, -0.25) is 24.1 Å². The number of nitrogens with zero attached hydrogens (tertiary/aromatic N) is 3. The van der Waals surface area contributed by atoms with Gasteiger partial charge in [0.2, 0.25) is 11.8 Å². The van der Waals surface area contributed by atoms with Crippen LogP contribution in [0.15, 0.2) is 48.5 Å². The van der Waals surface area contributed by atoms with Crippen LogP contribution in [-0.4, -0.2) is 78.2 Å². The molecule has 0 atom stereocenters. The molecule has 0 bridgehead atoms. The maximum absolute atomic E-state index is 12.6. The van der Waals surface area contributed by atoms with Crippen molar-refractivity contribution in [3.05, 3.63) is 65.2 Å². The topological polar surface area (TPSA) is 87.2 Å². The number of carbonyl (C=O) groups is 4. The van der Waals surface area contributed by atoms with E-state index in [2.05, 4.69) is 0 Å². The number of carbonyl (C=O) groups excluding carboxylic acids is 4. The fourth-order valence-electron chi connectivity index (χ4n) is 4.26. The van der Waals surface area contributed by atoms with Gasteiger partial charge in [0.1, 0.15) is 5.75 Å². The Kier molecular flexibility index (Phi) is 6.72. The number of piperazine rings is 1. The van der Waals surface area contributed by atoms with Gasteiger partial charge in [0.05, 0.1) is 24.7 Å². The first-order valence-corrected chi connectivity index (χ1v) is 11.1. The molecule has 2 aliphatic heterocycles. The van der Waals surface area contributed by atoms with Gasteiger partial charge in [-0.25, -0.2) is 0 Å². The molecular weight excluding hydrogens is 422 g/mol. The standard InChI is InChI=1S/C25H27N3O5/c1-33-19-7-4-6-18(16-19)17-23(30)27-14-12-26(13-15-27)22(29)10-5-11-28-24(31)20-8-2-3-9-21(20)25(28)32/h2-4,6-9,16H,5,10-15,17H2,1H3. The number of amides is 4. The summed E-state index contributed by atoms with van der Waals surface area (Å²) in [4.78, 5) is 54.8. The highest BCUT2D eigenvalue weighted by Crippen LogP contribution is 2.23. The van der Waals surface area contributed by atoms with Crippen molar-refractivity contribution in [1.82, 2.24) is 14.7 Å². The number of hydrogen-bond donors (Lipinski definition) is 0. The fourth-order valence-corrected chi connectivity index (χ4v) is 4.26. The highest BCUT2D eigenvalue weighted by atomic mass is 16.5. The Balaban J connectivity index is 1.21. The second kappa shape index (κ2) is 9.85. The lowest BCUT2D eigenvalue weighted by Gasteiger charge is -2.35. The predicted octanol–water partition coefficient (Wildman–Crippen LogP) is 1.98. The number of fused-ring (bicyclic) bond motifs is 1. The van der Waals surface area contributed by atoms with Crippen LogP contribution in [0.3, 0.4) is 0 Å². The second-order valence-electron chi connectivity index (χ2n) is 8.20. The first-order valence-electron chi connectivity index (χ1n) is 11.1. The van der Waals surface area contributed by atoms with Gasteiger partial charge in [0.15, 0.2) is 0 Å². The smallest absolute Gasteiger partial charge is 0.261 e. The van der Waals surface area contributed by atoms with Crippen LogP contribution < -0.4 is 4.74 Å². The number of hydrogen-bond acceptors (Lipinski definition) is 5. The van der Waals surface area contributed by atoms with Crippen molar-refractivity contribution >= 4 is 23.6 Å². The number of ether oxygens (including phenoxy) is 1. The summed E-state index contributed by atoms with van der Waals surface area (Å²) < 4.78 is 5.21. The molecule has 0 radical (unpaired) electrons. The molecule has 0 saturated carbocycles. The molecule has 2 heterocycles. The van der Waals surface area contributed by atoms with Crippen LogP contribution in [0.25, 0.3) is 0 Å². The minimum absolute atomic E-state index is 0.0218. The van der Waals surface area contributed by atoms with Gasteiger partial charge in [-0.1, -0.05) is 24.3 Å². The summed E-state index contributed by atoms with van der Waals surface area (Å²) in [6, 6.07) is 14.2. The van der Waals surface area contributed by atoms with Crippen LogP contribution in [0.5, 0.6) is 5.75 Å². The zero-order chi connectivity index (χ0) is 23.4. The van der Waals surface area contributed by atoms with Crippen molar-refractivity contribution in [2.75, 3.05) is 39.8 Å². The van der Waals surface area contributed by atoms with E-state index < -0.39 is 0 Å². The summed E-state index contributed by atoms with van der Waals surface area (Å²) >= 11 is 0. The lowest BCUT2D eigenvalue weighted by molar-refractivity contribution is -0.139. The van der Waals surface area contributed by atoms with E-state index >= 15 is 0 Å². The van der Waals surface area contributed by atoms with Crippen molar-refractivity contribution in [3.63, 3.8) is 0 Å². The molecule has 0 aromatic heterocycles. The van der Waals surface area contributed by atoms with E-state index in [0.29, 0.717) is 50.1 Å². The number of benzene rings is 2. The summed E-state index contributed by atoms with van der Waals surface area (Å²) in [5, 5.41) is 0. The average Bonchev–Trinajstić information content (AvgIpc) is 3.09. The lowest BCUT2D eigenvalue weighted by atomic mass is 10.1. The molecule has 4 rings (SSSR count). The number of methoxy groups -OCH3 is 1. The summed E-state index contributed by atoms with van der Waals surface area (Å²) in [5.74, 6) is 0.127. The molecule has 0 spiro atoms. The maximum atomic E-state index is 12.6. The Labute approximate surface area is 192 Å². The fraction of sp³-hybridized carbons (Fsp3) is 0.360. The quantitative estimate of drug-likeness (QED) is 0.604. The van der Waals surface area contributed by atoms with Crippen molar-refractivity contribution in [3.8, 4) is 5.75 Å². The monoisotopic (exact) mass is 449 g/mol. The Bertz CT molecular complexity index is 1040. The molecule has 2 aromatic carbocycles. The molecule has 8 heteroatoms. The van der Waals surface area contributed by atoms with Gasteiger partial charge in [-0.15, -0.1) is 0 Å². The van der Waals surface area contributed by atoms with Gasteiger partial charge in [-0.2, -0.15) is 0 Å². The zero-order valence-electron chi connectivity index (χ0n) is 18.7. The number of imide groups is 1. The van der Waals surface area contributed by atoms with Crippen molar-refractivity contribution in [1.29, 1.82) is 0 Å². The molecule has 1 fully saturated rings. The van der Waals surface area contributed by atoms with Gasteiger partial charge >= 0.3 is 0 Å². The molecule has 0 aliphatic carbocycles. The third kappa shape index (κ3) is 4.89. The van der Waals surface area contributed by atoms with Gasteiger partial charge in [0, 0.05) is 39.1 Å². The normalized spacial score (nSPS) is 15.6. The largest absolute Gasteiger partial charge is 0.497 e. The predicted molar refractivity (Wildman–Crippen MR) is 121 cm³/mol. The third-order valence-electron chi connectivity index (χ3n) is 6.13. The molecular formula is C25H27N3O5. The Morgan fingerprint density at radius 1 is 0.848 bits per heavy atom. The van der Waals surface area contributed by atoms with E-state index in [0.717, 1.165) is 11.3 Å². The van der Waals surface area contributed by atoms with Crippen molar-refractivity contribution < 1.29 is 23.9 Å². The first-order chi connectivity index (χ1) is 16.0.